The number of halogens is 3. The SMILES string of the molecule is Clc1cccc(C(c2ccc(Br)cc2)N2CCCNCC2)c1Cl. The maximum Gasteiger partial charge on any atom is 0.0643 e. The first-order chi connectivity index (χ1) is 11.2. The second-order valence-electron chi connectivity index (χ2n) is 5.74. The van der Waals surface area contributed by atoms with E-state index in [4.69, 9.17) is 23.2 Å². The van der Waals surface area contributed by atoms with Crippen LogP contribution in [0.2, 0.25) is 10.0 Å². The van der Waals surface area contributed by atoms with Crippen LogP contribution < -0.4 is 5.32 Å². The summed E-state index contributed by atoms with van der Waals surface area (Å²) in [5.41, 5.74) is 2.31. The Balaban J connectivity index is 2.05. The minimum Gasteiger partial charge on any atom is -0.315 e. The van der Waals surface area contributed by atoms with E-state index in [2.05, 4.69) is 56.5 Å². The van der Waals surface area contributed by atoms with Gasteiger partial charge in [-0.05, 0) is 42.3 Å². The predicted octanol–water partition coefficient (Wildman–Crippen LogP) is 5.14. The Bertz CT molecular complexity index is 653. The molecule has 1 aliphatic heterocycles. The zero-order chi connectivity index (χ0) is 16.2. The third kappa shape index (κ3) is 4.09. The van der Waals surface area contributed by atoms with E-state index in [0.717, 1.165) is 42.6 Å². The molecule has 0 spiro atoms. The summed E-state index contributed by atoms with van der Waals surface area (Å²) >= 11 is 16.3. The van der Waals surface area contributed by atoms with E-state index in [0.29, 0.717) is 10.0 Å². The third-order valence-corrected chi connectivity index (χ3v) is 5.56. The standard InChI is InChI=1S/C18H19BrCl2N2/c19-14-7-5-13(6-8-14)18(23-11-2-9-22-10-12-23)15-3-1-4-16(20)17(15)21/h1,3-8,18,22H,2,9-12H2. The highest BCUT2D eigenvalue weighted by Crippen LogP contribution is 2.37. The Hall–Kier alpha value is -0.580. The monoisotopic (exact) mass is 412 g/mol. The van der Waals surface area contributed by atoms with Crippen molar-refractivity contribution >= 4 is 39.1 Å². The van der Waals surface area contributed by atoms with Gasteiger partial charge in [-0.1, -0.05) is 63.4 Å². The molecule has 122 valence electrons. The largest absolute Gasteiger partial charge is 0.315 e. The van der Waals surface area contributed by atoms with Crippen molar-refractivity contribution < 1.29 is 0 Å². The van der Waals surface area contributed by atoms with Crippen molar-refractivity contribution in [1.82, 2.24) is 10.2 Å². The summed E-state index contributed by atoms with van der Waals surface area (Å²) in [5.74, 6) is 0. The first-order valence-electron chi connectivity index (χ1n) is 7.81. The van der Waals surface area contributed by atoms with Crippen LogP contribution in [0, 0.1) is 0 Å². The molecule has 23 heavy (non-hydrogen) atoms. The molecule has 0 bridgehead atoms. The molecule has 1 N–H and O–H groups in total. The Morgan fingerprint density at radius 1 is 1.00 bits per heavy atom. The number of rotatable bonds is 3. The van der Waals surface area contributed by atoms with Crippen molar-refractivity contribution in [3.05, 3.63) is 68.1 Å². The zero-order valence-electron chi connectivity index (χ0n) is 12.7. The molecule has 1 unspecified atom stereocenters. The molecule has 1 saturated heterocycles. The van der Waals surface area contributed by atoms with Crippen LogP contribution in [0.15, 0.2) is 46.9 Å². The second kappa shape index (κ2) is 8.00. The molecule has 0 aliphatic carbocycles. The maximum absolute atomic E-state index is 6.55. The van der Waals surface area contributed by atoms with E-state index < -0.39 is 0 Å². The lowest BCUT2D eigenvalue weighted by molar-refractivity contribution is 0.241. The van der Waals surface area contributed by atoms with Crippen molar-refractivity contribution in [3.8, 4) is 0 Å². The topological polar surface area (TPSA) is 15.3 Å². The fourth-order valence-corrected chi connectivity index (χ4v) is 3.76. The Kier molecular flexibility index (Phi) is 6.00. The number of nitrogens with zero attached hydrogens (tertiary/aromatic N) is 1. The molecule has 1 atom stereocenters. The van der Waals surface area contributed by atoms with Gasteiger partial charge in [0.05, 0.1) is 16.1 Å². The minimum atomic E-state index is 0.120. The van der Waals surface area contributed by atoms with E-state index in [9.17, 15) is 0 Å². The van der Waals surface area contributed by atoms with Gasteiger partial charge in [0.25, 0.3) is 0 Å². The molecule has 2 aromatic rings. The summed E-state index contributed by atoms with van der Waals surface area (Å²) in [7, 11) is 0. The molecule has 0 amide bonds. The van der Waals surface area contributed by atoms with Gasteiger partial charge in [-0.2, -0.15) is 0 Å². The zero-order valence-corrected chi connectivity index (χ0v) is 15.8. The summed E-state index contributed by atoms with van der Waals surface area (Å²) in [5, 5.41) is 4.72. The van der Waals surface area contributed by atoms with Crippen LogP contribution in [0.4, 0.5) is 0 Å². The van der Waals surface area contributed by atoms with Gasteiger partial charge in [0, 0.05) is 24.1 Å². The van der Waals surface area contributed by atoms with Crippen LogP contribution in [0.5, 0.6) is 0 Å². The average Bonchev–Trinajstić information content (AvgIpc) is 2.83. The summed E-state index contributed by atoms with van der Waals surface area (Å²) in [4.78, 5) is 2.49. The molecular formula is C18H19BrCl2N2. The highest BCUT2D eigenvalue weighted by molar-refractivity contribution is 9.10. The van der Waals surface area contributed by atoms with Gasteiger partial charge in [-0.3, -0.25) is 4.90 Å². The molecule has 2 aromatic carbocycles. The van der Waals surface area contributed by atoms with E-state index in [1.807, 2.05) is 12.1 Å². The van der Waals surface area contributed by atoms with Crippen molar-refractivity contribution in [2.75, 3.05) is 26.2 Å². The van der Waals surface area contributed by atoms with Crippen molar-refractivity contribution in [2.45, 2.75) is 12.5 Å². The first kappa shape index (κ1) is 17.2. The average molecular weight is 414 g/mol. The maximum atomic E-state index is 6.55. The van der Waals surface area contributed by atoms with Crippen molar-refractivity contribution in [3.63, 3.8) is 0 Å². The molecular weight excluding hydrogens is 395 g/mol. The molecule has 5 heteroatoms. The quantitative estimate of drug-likeness (QED) is 0.749. The van der Waals surface area contributed by atoms with Crippen LogP contribution in [0.3, 0.4) is 0 Å². The van der Waals surface area contributed by atoms with E-state index in [-0.39, 0.29) is 6.04 Å². The van der Waals surface area contributed by atoms with Gasteiger partial charge >= 0.3 is 0 Å². The lowest BCUT2D eigenvalue weighted by Crippen LogP contribution is -2.33. The fourth-order valence-electron chi connectivity index (χ4n) is 3.09. The van der Waals surface area contributed by atoms with Crippen LogP contribution >= 0.6 is 39.1 Å². The first-order valence-corrected chi connectivity index (χ1v) is 9.36. The normalized spacial score (nSPS) is 17.7. The highest BCUT2D eigenvalue weighted by Gasteiger charge is 2.25. The lowest BCUT2D eigenvalue weighted by atomic mass is 9.96. The third-order valence-electron chi connectivity index (χ3n) is 4.20. The van der Waals surface area contributed by atoms with Gasteiger partial charge in [0.1, 0.15) is 0 Å². The molecule has 1 fully saturated rings. The van der Waals surface area contributed by atoms with Crippen LogP contribution in [0.1, 0.15) is 23.6 Å². The summed E-state index contributed by atoms with van der Waals surface area (Å²) < 4.78 is 1.08. The summed E-state index contributed by atoms with van der Waals surface area (Å²) in [6.07, 6.45) is 1.13. The van der Waals surface area contributed by atoms with Gasteiger partial charge < -0.3 is 5.32 Å². The molecule has 1 aliphatic rings. The smallest absolute Gasteiger partial charge is 0.0643 e. The molecule has 0 saturated carbocycles. The summed E-state index contributed by atoms with van der Waals surface area (Å²) in [6.45, 7) is 4.08. The Labute approximate surface area is 155 Å². The van der Waals surface area contributed by atoms with Gasteiger partial charge in [-0.15, -0.1) is 0 Å². The number of hydrogen-bond donors (Lipinski definition) is 1. The van der Waals surface area contributed by atoms with Gasteiger partial charge in [0.2, 0.25) is 0 Å². The van der Waals surface area contributed by atoms with Gasteiger partial charge in [0.15, 0.2) is 0 Å². The van der Waals surface area contributed by atoms with E-state index >= 15 is 0 Å². The molecule has 2 nitrogen and oxygen atoms in total. The number of benzene rings is 2. The lowest BCUT2D eigenvalue weighted by Gasteiger charge is -2.32. The predicted molar refractivity (Wildman–Crippen MR) is 102 cm³/mol. The molecule has 3 rings (SSSR count). The van der Waals surface area contributed by atoms with Gasteiger partial charge in [-0.25, -0.2) is 0 Å². The van der Waals surface area contributed by atoms with Crippen molar-refractivity contribution in [1.29, 1.82) is 0 Å². The highest BCUT2D eigenvalue weighted by atomic mass is 79.9. The van der Waals surface area contributed by atoms with E-state index in [1.54, 1.807) is 0 Å². The minimum absolute atomic E-state index is 0.120. The summed E-state index contributed by atoms with van der Waals surface area (Å²) in [6, 6.07) is 14.5. The second-order valence-corrected chi connectivity index (χ2v) is 7.44. The molecule has 0 radical (unpaired) electrons. The van der Waals surface area contributed by atoms with Crippen LogP contribution in [-0.2, 0) is 0 Å². The molecule has 1 heterocycles. The molecule has 0 aromatic heterocycles. The number of nitrogens with one attached hydrogen (secondary N) is 1. The Morgan fingerprint density at radius 3 is 2.57 bits per heavy atom. The van der Waals surface area contributed by atoms with Crippen molar-refractivity contribution in [2.24, 2.45) is 0 Å². The fraction of sp³-hybridized carbons (Fsp3) is 0.333. The van der Waals surface area contributed by atoms with Crippen LogP contribution in [-0.4, -0.2) is 31.1 Å². The van der Waals surface area contributed by atoms with E-state index in [1.165, 1.54) is 5.56 Å². The van der Waals surface area contributed by atoms with Crippen LogP contribution in [0.25, 0.3) is 0 Å². The number of hydrogen-bond acceptors (Lipinski definition) is 2. The Morgan fingerprint density at radius 2 is 1.78 bits per heavy atom.